The first-order valence-electron chi connectivity index (χ1n) is 7.17. The van der Waals surface area contributed by atoms with E-state index in [9.17, 15) is 48.7 Å². The largest absolute Gasteiger partial charge is 0.468 e. The molecule has 0 heterocycles. The number of carbonyl (C=O) groups is 2. The number of rotatable bonds is 10. The lowest BCUT2D eigenvalue weighted by Gasteiger charge is -2.32. The van der Waals surface area contributed by atoms with Gasteiger partial charge in [-0.2, -0.15) is 39.2 Å². The van der Waals surface area contributed by atoms with Crippen molar-refractivity contribution >= 4 is 22.1 Å². The number of alkyl halides is 7. The van der Waals surface area contributed by atoms with Crippen LogP contribution in [-0.4, -0.2) is 61.8 Å². The van der Waals surface area contributed by atoms with Crippen LogP contribution < -0.4 is 0 Å². The first-order chi connectivity index (χ1) is 12.8. The summed E-state index contributed by atoms with van der Waals surface area (Å²) in [5, 5.41) is -5.95. The second-order valence-corrected chi connectivity index (χ2v) is 6.89. The van der Waals surface area contributed by atoms with Crippen LogP contribution >= 0.6 is 0 Å². The molecule has 0 aliphatic rings. The van der Waals surface area contributed by atoms with Gasteiger partial charge in [-0.3, -0.25) is 4.55 Å². The molecule has 0 aliphatic carbocycles. The second kappa shape index (κ2) is 8.83. The van der Waals surface area contributed by atoms with Crippen molar-refractivity contribution in [2.75, 3.05) is 13.7 Å². The van der Waals surface area contributed by atoms with Crippen molar-refractivity contribution < 1.29 is 67.5 Å². The molecule has 0 aliphatic heterocycles. The third-order valence-electron chi connectivity index (χ3n) is 3.10. The summed E-state index contributed by atoms with van der Waals surface area (Å²) in [6.45, 7) is 2.33. The van der Waals surface area contributed by atoms with E-state index in [0.717, 1.165) is 6.92 Å². The summed E-state index contributed by atoms with van der Waals surface area (Å²) in [7, 11) is -6.10. The van der Waals surface area contributed by atoms with E-state index < -0.39 is 70.2 Å². The van der Waals surface area contributed by atoms with E-state index in [2.05, 4.69) is 20.8 Å². The topological polar surface area (TPSA) is 116 Å². The summed E-state index contributed by atoms with van der Waals surface area (Å²) in [6.07, 6.45) is -9.28. The van der Waals surface area contributed by atoms with Gasteiger partial charge in [-0.05, 0) is 13.3 Å². The van der Waals surface area contributed by atoms with Crippen molar-refractivity contribution in [3.8, 4) is 0 Å². The van der Waals surface area contributed by atoms with Crippen LogP contribution in [0, 0.1) is 0 Å². The van der Waals surface area contributed by atoms with Crippen LogP contribution in [0.3, 0.4) is 0 Å². The SMILES string of the molecule is C=C(C)C(=O)OC(OCCCC(F)(F)C(F)(F)S(=O)(=O)O)(C(=O)OC)C(F)(F)F. The lowest BCUT2D eigenvalue weighted by molar-refractivity contribution is -0.354. The smallest absolute Gasteiger partial charge is 0.464 e. The molecule has 0 fully saturated rings. The standard InChI is InChI=1S/C13H15F7O8S/c1-7(2)8(21)28-11(9(22)26-3,12(16,17)18)27-6-4-5-10(14,15)13(19,20)29(23,24)25/h1,4-6H2,2-3H3,(H,23,24,25). The van der Waals surface area contributed by atoms with Crippen molar-refractivity contribution in [3.05, 3.63) is 12.2 Å². The fraction of sp³-hybridized carbons (Fsp3) is 0.692. The minimum absolute atomic E-state index is 0.446. The van der Waals surface area contributed by atoms with Crippen molar-refractivity contribution in [1.82, 2.24) is 0 Å². The predicted molar refractivity (Wildman–Crippen MR) is 78.3 cm³/mol. The molecule has 1 atom stereocenters. The summed E-state index contributed by atoms with van der Waals surface area (Å²) in [5.41, 5.74) is -0.620. The van der Waals surface area contributed by atoms with E-state index in [1.54, 1.807) is 0 Å². The molecule has 1 N–H and O–H groups in total. The molecule has 0 aromatic heterocycles. The van der Waals surface area contributed by atoms with Gasteiger partial charge in [0, 0.05) is 12.0 Å². The number of esters is 2. The Hall–Kier alpha value is -1.94. The lowest BCUT2D eigenvalue weighted by Crippen LogP contribution is -2.58. The third kappa shape index (κ3) is 5.79. The molecule has 0 saturated carbocycles. The second-order valence-electron chi connectivity index (χ2n) is 5.42. The highest BCUT2D eigenvalue weighted by molar-refractivity contribution is 7.87. The number of carbonyl (C=O) groups excluding carboxylic acids is 2. The van der Waals surface area contributed by atoms with Crippen molar-refractivity contribution in [1.29, 1.82) is 0 Å². The maximum atomic E-state index is 13.3. The minimum Gasteiger partial charge on any atom is -0.464 e. The zero-order valence-electron chi connectivity index (χ0n) is 14.7. The van der Waals surface area contributed by atoms with Crippen LogP contribution in [0.2, 0.25) is 0 Å². The predicted octanol–water partition coefficient (Wildman–Crippen LogP) is 2.45. The Morgan fingerprint density at radius 3 is 1.90 bits per heavy atom. The van der Waals surface area contributed by atoms with Gasteiger partial charge >= 0.3 is 45.2 Å². The summed E-state index contributed by atoms with van der Waals surface area (Å²) >= 11 is 0. The highest BCUT2D eigenvalue weighted by Crippen LogP contribution is 2.42. The van der Waals surface area contributed by atoms with Gasteiger partial charge in [0.25, 0.3) is 0 Å². The van der Waals surface area contributed by atoms with E-state index in [0.29, 0.717) is 7.11 Å². The van der Waals surface area contributed by atoms with Gasteiger partial charge in [-0.1, -0.05) is 6.58 Å². The molecule has 0 aromatic rings. The van der Waals surface area contributed by atoms with Gasteiger partial charge < -0.3 is 14.2 Å². The number of halogens is 7. The van der Waals surface area contributed by atoms with Crippen LogP contribution in [0.15, 0.2) is 12.2 Å². The molecule has 0 saturated heterocycles. The summed E-state index contributed by atoms with van der Waals surface area (Å²) in [5.74, 6) is -14.0. The van der Waals surface area contributed by atoms with Crippen molar-refractivity contribution in [2.45, 2.75) is 42.9 Å². The highest BCUT2D eigenvalue weighted by atomic mass is 32.2. The number of hydrogen-bond donors (Lipinski definition) is 1. The van der Waals surface area contributed by atoms with Gasteiger partial charge in [-0.15, -0.1) is 0 Å². The Kier molecular flexibility index (Phi) is 8.24. The van der Waals surface area contributed by atoms with E-state index in [-0.39, 0.29) is 0 Å². The Morgan fingerprint density at radius 2 is 1.55 bits per heavy atom. The molecule has 1 unspecified atom stereocenters. The van der Waals surface area contributed by atoms with Crippen LogP contribution in [0.1, 0.15) is 19.8 Å². The highest BCUT2D eigenvalue weighted by Gasteiger charge is 2.68. The molecule has 0 spiro atoms. The van der Waals surface area contributed by atoms with E-state index >= 15 is 0 Å². The van der Waals surface area contributed by atoms with E-state index in [1.807, 2.05) is 0 Å². The molecule has 16 heteroatoms. The van der Waals surface area contributed by atoms with Crippen molar-refractivity contribution in [3.63, 3.8) is 0 Å². The summed E-state index contributed by atoms with van der Waals surface area (Å²) in [4.78, 5) is 23.0. The molecule has 0 radical (unpaired) electrons. The van der Waals surface area contributed by atoms with E-state index in [4.69, 9.17) is 4.55 Å². The summed E-state index contributed by atoms with van der Waals surface area (Å²) in [6, 6.07) is 0. The average molecular weight is 464 g/mol. The fourth-order valence-corrected chi connectivity index (χ4v) is 2.06. The van der Waals surface area contributed by atoms with Gasteiger partial charge in [0.15, 0.2) is 0 Å². The van der Waals surface area contributed by atoms with Crippen molar-refractivity contribution in [2.24, 2.45) is 0 Å². The van der Waals surface area contributed by atoms with E-state index in [1.165, 1.54) is 0 Å². The molecule has 0 rings (SSSR count). The minimum atomic E-state index is -6.55. The van der Waals surface area contributed by atoms with Crippen LogP contribution in [-0.2, 0) is 33.9 Å². The Labute approximate surface area is 159 Å². The average Bonchev–Trinajstić information content (AvgIpc) is 2.54. The van der Waals surface area contributed by atoms with Crippen LogP contribution in [0.25, 0.3) is 0 Å². The normalized spacial score (nSPS) is 15.4. The number of methoxy groups -OCH3 is 1. The Balaban J connectivity index is 5.58. The van der Waals surface area contributed by atoms with Gasteiger partial charge in [0.2, 0.25) is 0 Å². The molecule has 170 valence electrons. The molecule has 0 amide bonds. The third-order valence-corrected chi connectivity index (χ3v) is 4.05. The Bertz CT molecular complexity index is 747. The van der Waals surface area contributed by atoms with Gasteiger partial charge in [0.1, 0.15) is 0 Å². The fourth-order valence-electron chi connectivity index (χ4n) is 1.58. The molecular weight excluding hydrogens is 449 g/mol. The lowest BCUT2D eigenvalue weighted by atomic mass is 10.2. The van der Waals surface area contributed by atoms with Crippen LogP contribution in [0.4, 0.5) is 30.7 Å². The zero-order valence-corrected chi connectivity index (χ0v) is 15.5. The van der Waals surface area contributed by atoms with Gasteiger partial charge in [0.05, 0.1) is 13.7 Å². The zero-order chi connectivity index (χ0) is 23.5. The van der Waals surface area contributed by atoms with Crippen LogP contribution in [0.5, 0.6) is 0 Å². The Morgan fingerprint density at radius 1 is 1.07 bits per heavy atom. The quantitative estimate of drug-likeness (QED) is 0.131. The first-order valence-corrected chi connectivity index (χ1v) is 8.61. The monoisotopic (exact) mass is 464 g/mol. The maximum Gasteiger partial charge on any atom is 0.468 e. The number of ether oxygens (including phenoxy) is 3. The summed E-state index contributed by atoms with van der Waals surface area (Å²) < 4.78 is 133. The molecule has 8 nitrogen and oxygen atoms in total. The number of hydrogen-bond acceptors (Lipinski definition) is 7. The maximum absolute atomic E-state index is 13.3. The molecule has 0 bridgehead atoms. The molecular formula is C13H15F7O8S. The first kappa shape index (κ1) is 27.1. The molecule has 29 heavy (non-hydrogen) atoms. The molecule has 0 aromatic carbocycles. The van der Waals surface area contributed by atoms with Gasteiger partial charge in [-0.25, -0.2) is 9.59 Å².